The van der Waals surface area contributed by atoms with Gasteiger partial charge in [0, 0.05) is 37.2 Å². The van der Waals surface area contributed by atoms with Gasteiger partial charge in [-0.15, -0.1) is 0 Å². The van der Waals surface area contributed by atoms with Crippen LogP contribution >= 0.6 is 0 Å². The molecule has 0 unspecified atom stereocenters. The number of aryl methyl sites for hydroxylation is 2. The number of benzene rings is 1. The predicted octanol–water partition coefficient (Wildman–Crippen LogP) is 4.40. The van der Waals surface area contributed by atoms with Crippen molar-refractivity contribution in [2.75, 3.05) is 13.1 Å². The summed E-state index contributed by atoms with van der Waals surface area (Å²) in [6.07, 6.45) is -2.05. The van der Waals surface area contributed by atoms with Crippen molar-refractivity contribution < 1.29 is 18.0 Å². The zero-order valence-electron chi connectivity index (χ0n) is 16.7. The minimum atomic E-state index is -4.53. The lowest BCUT2D eigenvalue weighted by Crippen LogP contribution is -2.39. The molecule has 0 saturated carbocycles. The SMILES string of the molecule is Cc1cc2nc([C@@H]3CCCN(C(=O)CCc4ccccc4)C3)cc(C(F)(F)F)n2n1. The molecule has 1 aromatic carbocycles. The normalized spacial score (nSPS) is 17.5. The lowest BCUT2D eigenvalue weighted by atomic mass is 9.93. The van der Waals surface area contributed by atoms with Crippen LogP contribution in [0.4, 0.5) is 13.2 Å². The molecule has 3 aromatic rings. The van der Waals surface area contributed by atoms with Crippen LogP contribution in [-0.4, -0.2) is 38.5 Å². The van der Waals surface area contributed by atoms with E-state index in [1.165, 1.54) is 0 Å². The molecule has 1 aliphatic rings. The van der Waals surface area contributed by atoms with Gasteiger partial charge in [0.2, 0.25) is 5.91 Å². The zero-order chi connectivity index (χ0) is 21.3. The fourth-order valence-corrected chi connectivity index (χ4v) is 4.02. The van der Waals surface area contributed by atoms with Crippen molar-refractivity contribution in [3.63, 3.8) is 0 Å². The molecule has 1 atom stereocenters. The smallest absolute Gasteiger partial charge is 0.342 e. The van der Waals surface area contributed by atoms with E-state index in [0.29, 0.717) is 43.7 Å². The number of alkyl halides is 3. The molecule has 8 heteroatoms. The lowest BCUT2D eigenvalue weighted by Gasteiger charge is -2.33. The molecular weight excluding hydrogens is 393 g/mol. The highest BCUT2D eigenvalue weighted by atomic mass is 19.4. The quantitative estimate of drug-likeness (QED) is 0.634. The third-order valence-electron chi connectivity index (χ3n) is 5.52. The molecule has 30 heavy (non-hydrogen) atoms. The molecular formula is C22H23F3N4O. The second-order valence-electron chi connectivity index (χ2n) is 7.78. The molecule has 1 saturated heterocycles. The average molecular weight is 416 g/mol. The largest absolute Gasteiger partial charge is 0.433 e. The number of carbonyl (C=O) groups excluding carboxylic acids is 1. The van der Waals surface area contributed by atoms with E-state index in [1.54, 1.807) is 17.9 Å². The Morgan fingerprint density at radius 1 is 1.20 bits per heavy atom. The van der Waals surface area contributed by atoms with Crippen LogP contribution in [0.25, 0.3) is 5.65 Å². The highest BCUT2D eigenvalue weighted by molar-refractivity contribution is 5.76. The summed E-state index contributed by atoms with van der Waals surface area (Å²) < 4.78 is 41.6. The minimum absolute atomic E-state index is 0.0286. The third-order valence-corrected chi connectivity index (χ3v) is 5.52. The Balaban J connectivity index is 1.53. The van der Waals surface area contributed by atoms with E-state index in [-0.39, 0.29) is 17.5 Å². The summed E-state index contributed by atoms with van der Waals surface area (Å²) in [7, 11) is 0. The van der Waals surface area contributed by atoms with Gasteiger partial charge in [-0.25, -0.2) is 9.50 Å². The van der Waals surface area contributed by atoms with Gasteiger partial charge in [0.25, 0.3) is 0 Å². The maximum Gasteiger partial charge on any atom is 0.433 e. The number of amides is 1. The number of rotatable bonds is 4. The molecule has 5 nitrogen and oxygen atoms in total. The van der Waals surface area contributed by atoms with Gasteiger partial charge >= 0.3 is 6.18 Å². The summed E-state index contributed by atoms with van der Waals surface area (Å²) in [5.41, 5.74) is 1.30. The van der Waals surface area contributed by atoms with Gasteiger partial charge in [-0.1, -0.05) is 30.3 Å². The molecule has 1 aliphatic heterocycles. The van der Waals surface area contributed by atoms with Crippen LogP contribution in [0.15, 0.2) is 42.5 Å². The Morgan fingerprint density at radius 2 is 1.97 bits per heavy atom. The minimum Gasteiger partial charge on any atom is -0.342 e. The average Bonchev–Trinajstić information content (AvgIpc) is 3.11. The van der Waals surface area contributed by atoms with Gasteiger partial charge in [-0.3, -0.25) is 4.79 Å². The van der Waals surface area contributed by atoms with Crippen molar-refractivity contribution in [2.24, 2.45) is 0 Å². The second-order valence-corrected chi connectivity index (χ2v) is 7.78. The fourth-order valence-electron chi connectivity index (χ4n) is 4.02. The van der Waals surface area contributed by atoms with Gasteiger partial charge in [0.15, 0.2) is 5.65 Å². The Kier molecular flexibility index (Phi) is 5.49. The van der Waals surface area contributed by atoms with Crippen molar-refractivity contribution >= 4 is 11.6 Å². The van der Waals surface area contributed by atoms with Gasteiger partial charge in [0.05, 0.1) is 5.69 Å². The Bertz CT molecular complexity index is 1050. The summed E-state index contributed by atoms with van der Waals surface area (Å²) >= 11 is 0. The number of hydrogen-bond acceptors (Lipinski definition) is 3. The fraction of sp³-hybridized carbons (Fsp3) is 0.409. The number of aromatic nitrogens is 3. The van der Waals surface area contributed by atoms with Crippen LogP contribution in [0, 0.1) is 6.92 Å². The summed E-state index contributed by atoms with van der Waals surface area (Å²) in [6, 6.07) is 12.4. The van der Waals surface area contributed by atoms with Crippen LogP contribution < -0.4 is 0 Å². The number of carbonyl (C=O) groups is 1. The molecule has 2 aromatic heterocycles. The van der Waals surface area contributed by atoms with Crippen LogP contribution in [0.3, 0.4) is 0 Å². The molecule has 0 aliphatic carbocycles. The number of halogens is 3. The number of likely N-dealkylation sites (tertiary alicyclic amines) is 1. The number of hydrogen-bond donors (Lipinski definition) is 0. The zero-order valence-corrected chi connectivity index (χ0v) is 16.7. The summed E-state index contributed by atoms with van der Waals surface area (Å²) in [4.78, 5) is 18.9. The first-order valence-electron chi connectivity index (χ1n) is 10.1. The van der Waals surface area contributed by atoms with Gasteiger partial charge in [0.1, 0.15) is 5.69 Å². The second kappa shape index (κ2) is 8.08. The van der Waals surface area contributed by atoms with E-state index < -0.39 is 11.9 Å². The lowest BCUT2D eigenvalue weighted by molar-refractivity contribution is -0.143. The van der Waals surface area contributed by atoms with Crippen LogP contribution in [-0.2, 0) is 17.4 Å². The van der Waals surface area contributed by atoms with Crippen molar-refractivity contribution in [3.05, 3.63) is 65.1 Å². The standard InChI is InChI=1S/C22H23F3N4O/c1-15-12-20-26-18(13-19(22(23,24)25)29(20)27-15)17-8-5-11-28(14-17)21(30)10-9-16-6-3-2-4-7-16/h2-4,6-7,12-13,17H,5,8-11,14H2,1H3/t17-/m1/s1. The van der Waals surface area contributed by atoms with Gasteiger partial charge in [-0.05, 0) is 37.8 Å². The molecule has 0 spiro atoms. The molecule has 158 valence electrons. The van der Waals surface area contributed by atoms with Crippen molar-refractivity contribution in [1.82, 2.24) is 19.5 Å². The maximum absolute atomic E-state index is 13.6. The van der Waals surface area contributed by atoms with E-state index in [9.17, 15) is 18.0 Å². The molecule has 1 fully saturated rings. The van der Waals surface area contributed by atoms with Gasteiger partial charge < -0.3 is 4.90 Å². The van der Waals surface area contributed by atoms with Crippen LogP contribution in [0.1, 0.15) is 47.8 Å². The Hall–Kier alpha value is -2.90. The summed E-state index contributed by atoms with van der Waals surface area (Å²) in [5, 5.41) is 3.93. The Morgan fingerprint density at radius 3 is 2.70 bits per heavy atom. The van der Waals surface area contributed by atoms with Crippen molar-refractivity contribution in [1.29, 1.82) is 0 Å². The monoisotopic (exact) mass is 416 g/mol. The highest BCUT2D eigenvalue weighted by Gasteiger charge is 2.36. The van der Waals surface area contributed by atoms with E-state index in [4.69, 9.17) is 0 Å². The summed E-state index contributed by atoms with van der Waals surface area (Å²) in [6.45, 7) is 2.66. The number of fused-ring (bicyclic) bond motifs is 1. The number of piperidine rings is 1. The molecule has 0 N–H and O–H groups in total. The number of nitrogens with zero attached hydrogens (tertiary/aromatic N) is 4. The predicted molar refractivity (Wildman–Crippen MR) is 106 cm³/mol. The molecule has 0 radical (unpaired) electrons. The molecule has 0 bridgehead atoms. The van der Waals surface area contributed by atoms with E-state index in [2.05, 4.69) is 10.1 Å². The molecule has 1 amide bonds. The van der Waals surface area contributed by atoms with Crippen LogP contribution in [0.2, 0.25) is 0 Å². The van der Waals surface area contributed by atoms with Gasteiger partial charge in [-0.2, -0.15) is 18.3 Å². The van der Waals surface area contributed by atoms with Crippen LogP contribution in [0.5, 0.6) is 0 Å². The molecule has 3 heterocycles. The third kappa shape index (κ3) is 4.32. The first-order chi connectivity index (χ1) is 14.3. The summed E-state index contributed by atoms with van der Waals surface area (Å²) in [5.74, 6) is -0.193. The topological polar surface area (TPSA) is 50.5 Å². The van der Waals surface area contributed by atoms with E-state index >= 15 is 0 Å². The molecule has 4 rings (SSSR count). The first-order valence-corrected chi connectivity index (χ1v) is 10.1. The first kappa shape index (κ1) is 20.4. The maximum atomic E-state index is 13.6. The van der Waals surface area contributed by atoms with Crippen molar-refractivity contribution in [2.45, 2.75) is 44.7 Å². The van der Waals surface area contributed by atoms with Crippen molar-refractivity contribution in [3.8, 4) is 0 Å². The van der Waals surface area contributed by atoms with E-state index in [0.717, 1.165) is 22.6 Å². The highest BCUT2D eigenvalue weighted by Crippen LogP contribution is 2.33. The Labute approximate surface area is 172 Å². The van der Waals surface area contributed by atoms with E-state index in [1.807, 2.05) is 30.3 Å².